The molecule has 4 rings (SSSR count). The Labute approximate surface area is 154 Å². The minimum Gasteiger partial charge on any atom is -0.349 e. The number of nitrogens with one attached hydrogen (secondary N) is 1. The van der Waals surface area contributed by atoms with Gasteiger partial charge in [0, 0.05) is 11.6 Å². The molecule has 1 N–H and O–H groups in total. The number of nitrogens with zero attached hydrogens (tertiary/aromatic N) is 1. The third kappa shape index (κ3) is 2.61. The van der Waals surface area contributed by atoms with Gasteiger partial charge in [0.25, 0.3) is 0 Å². The van der Waals surface area contributed by atoms with E-state index in [0.29, 0.717) is 0 Å². The predicted octanol–water partition coefficient (Wildman–Crippen LogP) is 4.66. The number of fused-ring (bicyclic) bond motifs is 1. The smallest absolute Gasteiger partial charge is 0.217 e. The van der Waals surface area contributed by atoms with E-state index in [4.69, 9.17) is 0 Å². The summed E-state index contributed by atoms with van der Waals surface area (Å²) in [5, 5.41) is 6.98. The first-order valence-electron chi connectivity index (χ1n) is 9.57. The Morgan fingerprint density at radius 2 is 1.88 bits per heavy atom. The molecule has 1 saturated carbocycles. The van der Waals surface area contributed by atoms with Crippen LogP contribution < -0.4 is 5.32 Å². The molecule has 134 valence electrons. The van der Waals surface area contributed by atoms with E-state index in [2.05, 4.69) is 46.8 Å². The molecule has 1 aromatic heterocycles. The highest BCUT2D eigenvalue weighted by molar-refractivity contribution is 7.17. The van der Waals surface area contributed by atoms with Gasteiger partial charge in [-0.15, -0.1) is 11.3 Å². The molecule has 1 aromatic carbocycles. The van der Waals surface area contributed by atoms with Gasteiger partial charge >= 0.3 is 0 Å². The van der Waals surface area contributed by atoms with Crippen molar-refractivity contribution in [1.29, 1.82) is 0 Å². The van der Waals surface area contributed by atoms with Crippen LogP contribution in [0.5, 0.6) is 0 Å². The summed E-state index contributed by atoms with van der Waals surface area (Å²) in [6.45, 7) is 6.22. The van der Waals surface area contributed by atoms with Gasteiger partial charge in [-0.2, -0.15) is 0 Å². The highest BCUT2D eigenvalue weighted by Gasteiger charge is 2.55. The molecule has 0 unspecified atom stereocenters. The molecule has 3 nitrogen and oxygen atoms in total. The van der Waals surface area contributed by atoms with Gasteiger partial charge < -0.3 is 5.32 Å². The lowest BCUT2D eigenvalue weighted by molar-refractivity contribution is -0.125. The summed E-state index contributed by atoms with van der Waals surface area (Å²) < 4.78 is 1.35. The SMILES string of the molecule is CC(=O)N[C@@]1(C)CCCC[C@@]1(c1cccc2sccc12)N1CCCC1. The standard InChI is InChI=1S/C21H28N2OS/c1-16(24)22-20(2)11-3-4-12-21(20,23-13-5-6-14-23)18-8-7-9-19-17(18)10-15-25-19/h7-10,15H,3-6,11-14H2,1-2H3,(H,22,24)/t20-,21-/m0/s1. The Kier molecular flexibility index (Phi) is 4.37. The van der Waals surface area contributed by atoms with Gasteiger partial charge in [-0.3, -0.25) is 9.69 Å². The van der Waals surface area contributed by atoms with Crippen molar-refractivity contribution < 1.29 is 4.79 Å². The zero-order chi connectivity index (χ0) is 17.5. The molecule has 1 aliphatic carbocycles. The van der Waals surface area contributed by atoms with Crippen LogP contribution in [-0.4, -0.2) is 29.4 Å². The van der Waals surface area contributed by atoms with Gasteiger partial charge in [0.15, 0.2) is 0 Å². The summed E-state index contributed by atoms with van der Waals surface area (Å²) in [6.07, 6.45) is 7.11. The molecular formula is C21H28N2OS. The molecule has 2 fully saturated rings. The maximum Gasteiger partial charge on any atom is 0.217 e. The number of carbonyl (C=O) groups is 1. The molecule has 25 heavy (non-hydrogen) atoms. The van der Waals surface area contributed by atoms with E-state index >= 15 is 0 Å². The lowest BCUT2D eigenvalue weighted by Crippen LogP contribution is -2.68. The molecule has 2 aromatic rings. The van der Waals surface area contributed by atoms with E-state index in [-0.39, 0.29) is 17.0 Å². The van der Waals surface area contributed by atoms with E-state index in [9.17, 15) is 4.79 Å². The summed E-state index contributed by atoms with van der Waals surface area (Å²) in [5.74, 6) is 0.0884. The zero-order valence-corrected chi connectivity index (χ0v) is 16.1. The Balaban J connectivity index is 1.95. The average Bonchev–Trinajstić information content (AvgIpc) is 3.26. The molecule has 0 bridgehead atoms. The maximum absolute atomic E-state index is 12.1. The van der Waals surface area contributed by atoms with E-state index in [1.54, 1.807) is 6.92 Å². The van der Waals surface area contributed by atoms with E-state index in [1.807, 2.05) is 11.3 Å². The second-order valence-electron chi connectivity index (χ2n) is 7.91. The topological polar surface area (TPSA) is 32.3 Å². The number of hydrogen-bond donors (Lipinski definition) is 1. The minimum atomic E-state index is -0.225. The first kappa shape index (κ1) is 17.0. The quantitative estimate of drug-likeness (QED) is 0.867. The summed E-state index contributed by atoms with van der Waals surface area (Å²) in [6, 6.07) is 9.02. The number of benzene rings is 1. The summed E-state index contributed by atoms with van der Waals surface area (Å²) >= 11 is 1.81. The van der Waals surface area contributed by atoms with E-state index in [1.165, 1.54) is 41.3 Å². The van der Waals surface area contributed by atoms with Crippen LogP contribution >= 0.6 is 11.3 Å². The summed E-state index contributed by atoms with van der Waals surface area (Å²) in [7, 11) is 0. The zero-order valence-electron chi connectivity index (χ0n) is 15.3. The van der Waals surface area contributed by atoms with Gasteiger partial charge in [0.1, 0.15) is 0 Å². The lowest BCUT2D eigenvalue weighted by Gasteiger charge is -2.57. The first-order chi connectivity index (χ1) is 12.1. The van der Waals surface area contributed by atoms with Gasteiger partial charge in [-0.05, 0) is 74.2 Å². The molecule has 2 heterocycles. The number of hydrogen-bond acceptors (Lipinski definition) is 3. The number of rotatable bonds is 3. The highest BCUT2D eigenvalue weighted by Crippen LogP contribution is 2.52. The molecule has 2 atom stereocenters. The maximum atomic E-state index is 12.1. The van der Waals surface area contributed by atoms with Crippen LogP contribution in [0, 0.1) is 0 Å². The summed E-state index contributed by atoms with van der Waals surface area (Å²) in [5.41, 5.74) is 1.09. The van der Waals surface area contributed by atoms with Crippen molar-refractivity contribution in [1.82, 2.24) is 10.2 Å². The average molecular weight is 357 g/mol. The fourth-order valence-electron chi connectivity index (χ4n) is 5.46. The fraction of sp³-hybridized carbons (Fsp3) is 0.571. The third-order valence-corrected chi connectivity index (χ3v) is 7.30. The monoisotopic (exact) mass is 356 g/mol. The van der Waals surface area contributed by atoms with E-state index < -0.39 is 0 Å². The minimum absolute atomic E-state index is 0.0884. The number of amides is 1. The normalized spacial score (nSPS) is 30.6. The Hall–Kier alpha value is -1.39. The van der Waals surface area contributed by atoms with Crippen molar-refractivity contribution in [3.05, 3.63) is 35.2 Å². The lowest BCUT2D eigenvalue weighted by atomic mass is 9.62. The van der Waals surface area contributed by atoms with E-state index in [0.717, 1.165) is 25.9 Å². The second-order valence-corrected chi connectivity index (χ2v) is 8.86. The van der Waals surface area contributed by atoms with Crippen LogP contribution in [0.25, 0.3) is 10.1 Å². The van der Waals surface area contributed by atoms with Crippen molar-refractivity contribution >= 4 is 27.3 Å². The Bertz CT molecular complexity index is 779. The molecule has 4 heteroatoms. The van der Waals surface area contributed by atoms with Crippen molar-refractivity contribution in [2.24, 2.45) is 0 Å². The fourth-order valence-corrected chi connectivity index (χ4v) is 6.27. The molecule has 1 aliphatic heterocycles. The van der Waals surface area contributed by atoms with Crippen molar-refractivity contribution in [2.45, 2.75) is 63.5 Å². The van der Waals surface area contributed by atoms with Crippen LogP contribution in [0.2, 0.25) is 0 Å². The largest absolute Gasteiger partial charge is 0.349 e. The van der Waals surface area contributed by atoms with Crippen LogP contribution in [0.3, 0.4) is 0 Å². The molecule has 0 radical (unpaired) electrons. The van der Waals surface area contributed by atoms with Gasteiger partial charge in [-0.25, -0.2) is 0 Å². The van der Waals surface area contributed by atoms with Gasteiger partial charge in [-0.1, -0.05) is 25.0 Å². The molecule has 2 aliphatic rings. The highest BCUT2D eigenvalue weighted by atomic mass is 32.1. The number of carbonyl (C=O) groups excluding carboxylic acids is 1. The molecule has 1 saturated heterocycles. The van der Waals surface area contributed by atoms with Crippen LogP contribution in [-0.2, 0) is 10.3 Å². The van der Waals surface area contributed by atoms with Crippen LogP contribution in [0.15, 0.2) is 29.6 Å². The van der Waals surface area contributed by atoms with Gasteiger partial charge in [0.2, 0.25) is 5.91 Å². The van der Waals surface area contributed by atoms with Gasteiger partial charge in [0.05, 0.1) is 11.1 Å². The van der Waals surface area contributed by atoms with Crippen molar-refractivity contribution in [2.75, 3.05) is 13.1 Å². The van der Waals surface area contributed by atoms with Crippen LogP contribution in [0.1, 0.15) is 57.9 Å². The van der Waals surface area contributed by atoms with Crippen LogP contribution in [0.4, 0.5) is 0 Å². The molecular weight excluding hydrogens is 328 g/mol. The number of thiophene rings is 1. The predicted molar refractivity (Wildman–Crippen MR) is 105 cm³/mol. The van der Waals surface area contributed by atoms with Crippen molar-refractivity contribution in [3.8, 4) is 0 Å². The van der Waals surface area contributed by atoms with Crippen molar-refractivity contribution in [3.63, 3.8) is 0 Å². The third-order valence-electron chi connectivity index (χ3n) is 6.42. The first-order valence-corrected chi connectivity index (χ1v) is 10.5. The Morgan fingerprint density at radius 1 is 1.12 bits per heavy atom. The molecule has 1 amide bonds. The number of likely N-dealkylation sites (tertiary alicyclic amines) is 1. The second kappa shape index (κ2) is 6.40. The molecule has 0 spiro atoms. The Morgan fingerprint density at radius 3 is 2.64 bits per heavy atom. The summed E-state index contributed by atoms with van der Waals surface area (Å²) in [4.78, 5) is 14.8.